The number of carbonyl (C=O) groups is 1. The van der Waals surface area contributed by atoms with E-state index in [1.165, 1.54) is 6.07 Å². The SMILES string of the molecule is COc1cccc(-c2cc(C(=O)O)oc2C)c1. The Morgan fingerprint density at radius 2 is 2.12 bits per heavy atom. The molecule has 0 fully saturated rings. The second-order valence-corrected chi connectivity index (χ2v) is 3.62. The average Bonchev–Trinajstić information content (AvgIpc) is 2.72. The molecule has 0 spiro atoms. The Morgan fingerprint density at radius 3 is 2.71 bits per heavy atom. The minimum atomic E-state index is -1.07. The summed E-state index contributed by atoms with van der Waals surface area (Å²) in [6, 6.07) is 8.92. The van der Waals surface area contributed by atoms with Gasteiger partial charge in [0, 0.05) is 5.56 Å². The maximum absolute atomic E-state index is 10.8. The first-order chi connectivity index (χ1) is 8.11. The number of carboxylic acids is 1. The Labute approximate surface area is 98.4 Å². The van der Waals surface area contributed by atoms with Crippen molar-refractivity contribution >= 4 is 5.97 Å². The van der Waals surface area contributed by atoms with Crippen LogP contribution in [0.2, 0.25) is 0 Å². The monoisotopic (exact) mass is 232 g/mol. The number of methoxy groups -OCH3 is 1. The Hall–Kier alpha value is -2.23. The van der Waals surface area contributed by atoms with Crippen LogP contribution in [-0.4, -0.2) is 18.2 Å². The van der Waals surface area contributed by atoms with Gasteiger partial charge in [-0.15, -0.1) is 0 Å². The van der Waals surface area contributed by atoms with Crippen LogP contribution in [0.4, 0.5) is 0 Å². The second kappa shape index (κ2) is 4.33. The third-order valence-corrected chi connectivity index (χ3v) is 2.51. The highest BCUT2D eigenvalue weighted by atomic mass is 16.5. The summed E-state index contributed by atoms with van der Waals surface area (Å²) in [7, 11) is 1.59. The number of rotatable bonds is 3. The zero-order valence-corrected chi connectivity index (χ0v) is 9.56. The number of furan rings is 1. The van der Waals surface area contributed by atoms with Gasteiger partial charge in [0.15, 0.2) is 0 Å². The molecule has 0 bridgehead atoms. The van der Waals surface area contributed by atoms with E-state index in [4.69, 9.17) is 14.3 Å². The third kappa shape index (κ3) is 2.15. The number of hydrogen-bond acceptors (Lipinski definition) is 3. The fraction of sp³-hybridized carbons (Fsp3) is 0.154. The van der Waals surface area contributed by atoms with Crippen LogP contribution in [-0.2, 0) is 0 Å². The molecule has 0 radical (unpaired) electrons. The number of ether oxygens (including phenoxy) is 1. The summed E-state index contributed by atoms with van der Waals surface area (Å²) in [6.07, 6.45) is 0. The second-order valence-electron chi connectivity index (χ2n) is 3.62. The highest BCUT2D eigenvalue weighted by Crippen LogP contribution is 2.29. The van der Waals surface area contributed by atoms with Crippen LogP contribution in [0.5, 0.6) is 5.75 Å². The maximum atomic E-state index is 10.8. The molecule has 0 atom stereocenters. The van der Waals surface area contributed by atoms with Crippen molar-refractivity contribution in [1.82, 2.24) is 0 Å². The van der Waals surface area contributed by atoms with Crippen LogP contribution in [0.1, 0.15) is 16.3 Å². The highest BCUT2D eigenvalue weighted by Gasteiger charge is 2.14. The Bertz CT molecular complexity index is 554. The molecule has 4 heteroatoms. The maximum Gasteiger partial charge on any atom is 0.371 e. The Balaban J connectivity index is 2.48. The first-order valence-electron chi connectivity index (χ1n) is 5.10. The summed E-state index contributed by atoms with van der Waals surface area (Å²) in [6.45, 7) is 1.74. The minimum Gasteiger partial charge on any atom is -0.497 e. The minimum absolute atomic E-state index is 0.0553. The van der Waals surface area contributed by atoms with E-state index in [1.807, 2.05) is 24.3 Å². The van der Waals surface area contributed by atoms with Gasteiger partial charge in [0.2, 0.25) is 5.76 Å². The third-order valence-electron chi connectivity index (χ3n) is 2.51. The van der Waals surface area contributed by atoms with Gasteiger partial charge in [-0.25, -0.2) is 4.79 Å². The predicted octanol–water partition coefficient (Wildman–Crippen LogP) is 2.96. The molecule has 88 valence electrons. The average molecular weight is 232 g/mol. The normalized spacial score (nSPS) is 10.2. The lowest BCUT2D eigenvalue weighted by Gasteiger charge is -2.02. The molecule has 1 heterocycles. The number of benzene rings is 1. The van der Waals surface area contributed by atoms with Crippen molar-refractivity contribution in [3.63, 3.8) is 0 Å². The van der Waals surface area contributed by atoms with Crippen molar-refractivity contribution < 1.29 is 19.1 Å². The molecule has 0 saturated heterocycles. The zero-order valence-electron chi connectivity index (χ0n) is 9.56. The summed E-state index contributed by atoms with van der Waals surface area (Å²) in [5.74, 6) is 0.179. The largest absolute Gasteiger partial charge is 0.497 e. The number of carboxylic acid groups (broad SMARTS) is 1. The fourth-order valence-electron chi connectivity index (χ4n) is 1.66. The van der Waals surface area contributed by atoms with Gasteiger partial charge in [-0.2, -0.15) is 0 Å². The lowest BCUT2D eigenvalue weighted by molar-refractivity contribution is 0.0661. The first kappa shape index (κ1) is 11.3. The molecular weight excluding hydrogens is 220 g/mol. The van der Waals surface area contributed by atoms with Crippen LogP contribution in [0.3, 0.4) is 0 Å². The van der Waals surface area contributed by atoms with Crippen LogP contribution >= 0.6 is 0 Å². The summed E-state index contributed by atoms with van der Waals surface area (Å²) >= 11 is 0. The van der Waals surface area contributed by atoms with E-state index in [0.717, 1.165) is 16.9 Å². The van der Waals surface area contributed by atoms with E-state index < -0.39 is 5.97 Å². The van der Waals surface area contributed by atoms with Gasteiger partial charge in [0.25, 0.3) is 0 Å². The number of aromatic carboxylic acids is 1. The van der Waals surface area contributed by atoms with Gasteiger partial charge in [-0.05, 0) is 30.7 Å². The van der Waals surface area contributed by atoms with E-state index >= 15 is 0 Å². The van der Waals surface area contributed by atoms with Crippen molar-refractivity contribution in [2.24, 2.45) is 0 Å². The molecule has 4 nitrogen and oxygen atoms in total. The molecule has 0 aliphatic heterocycles. The molecule has 0 unspecified atom stereocenters. The van der Waals surface area contributed by atoms with Crippen molar-refractivity contribution in [2.45, 2.75) is 6.92 Å². The Kier molecular flexibility index (Phi) is 2.87. The standard InChI is InChI=1S/C13H12O4/c1-8-11(7-12(17-8)13(14)15)9-4-3-5-10(6-9)16-2/h3-7H,1-2H3,(H,14,15). The molecule has 1 aromatic heterocycles. The van der Waals surface area contributed by atoms with E-state index in [-0.39, 0.29) is 5.76 Å². The van der Waals surface area contributed by atoms with Crippen LogP contribution in [0.15, 0.2) is 34.7 Å². The molecule has 0 saturated carbocycles. The highest BCUT2D eigenvalue weighted by molar-refractivity contribution is 5.87. The van der Waals surface area contributed by atoms with Crippen molar-refractivity contribution in [1.29, 1.82) is 0 Å². The molecular formula is C13H12O4. The van der Waals surface area contributed by atoms with E-state index in [1.54, 1.807) is 14.0 Å². The first-order valence-corrected chi connectivity index (χ1v) is 5.10. The molecule has 17 heavy (non-hydrogen) atoms. The molecule has 0 aliphatic rings. The zero-order chi connectivity index (χ0) is 12.4. The molecule has 1 aromatic carbocycles. The molecule has 0 aliphatic carbocycles. The molecule has 2 aromatic rings. The van der Waals surface area contributed by atoms with Gasteiger partial charge in [-0.1, -0.05) is 12.1 Å². The van der Waals surface area contributed by atoms with Crippen LogP contribution in [0, 0.1) is 6.92 Å². The fourth-order valence-corrected chi connectivity index (χ4v) is 1.66. The number of aryl methyl sites for hydroxylation is 1. The lowest BCUT2D eigenvalue weighted by atomic mass is 10.1. The molecule has 0 amide bonds. The summed E-state index contributed by atoms with van der Waals surface area (Å²) in [4.78, 5) is 10.8. The summed E-state index contributed by atoms with van der Waals surface area (Å²) < 4.78 is 10.3. The quantitative estimate of drug-likeness (QED) is 0.883. The topological polar surface area (TPSA) is 59.7 Å². The lowest BCUT2D eigenvalue weighted by Crippen LogP contribution is -1.91. The van der Waals surface area contributed by atoms with Crippen LogP contribution in [0.25, 0.3) is 11.1 Å². The van der Waals surface area contributed by atoms with Crippen molar-refractivity contribution in [3.05, 3.63) is 41.9 Å². The smallest absolute Gasteiger partial charge is 0.371 e. The van der Waals surface area contributed by atoms with Crippen LogP contribution < -0.4 is 4.74 Å². The Morgan fingerprint density at radius 1 is 1.35 bits per heavy atom. The van der Waals surface area contributed by atoms with Gasteiger partial charge < -0.3 is 14.3 Å². The van der Waals surface area contributed by atoms with E-state index in [2.05, 4.69) is 0 Å². The van der Waals surface area contributed by atoms with Gasteiger partial charge in [0.05, 0.1) is 7.11 Å². The number of hydrogen-bond donors (Lipinski definition) is 1. The summed E-state index contributed by atoms with van der Waals surface area (Å²) in [5, 5.41) is 8.85. The van der Waals surface area contributed by atoms with Crippen molar-refractivity contribution in [2.75, 3.05) is 7.11 Å². The predicted molar refractivity (Wildman–Crippen MR) is 62.4 cm³/mol. The summed E-state index contributed by atoms with van der Waals surface area (Å²) in [5.41, 5.74) is 1.64. The van der Waals surface area contributed by atoms with Gasteiger partial charge in [-0.3, -0.25) is 0 Å². The van der Waals surface area contributed by atoms with Gasteiger partial charge >= 0.3 is 5.97 Å². The van der Waals surface area contributed by atoms with E-state index in [9.17, 15) is 4.79 Å². The van der Waals surface area contributed by atoms with E-state index in [0.29, 0.717) is 5.76 Å². The molecule has 1 N–H and O–H groups in total. The van der Waals surface area contributed by atoms with Gasteiger partial charge in [0.1, 0.15) is 11.5 Å². The molecule has 2 rings (SSSR count). The van der Waals surface area contributed by atoms with Crippen molar-refractivity contribution in [3.8, 4) is 16.9 Å².